The summed E-state index contributed by atoms with van der Waals surface area (Å²) in [6.07, 6.45) is 3.34. The number of carboxylic acid groups (broad SMARTS) is 1. The van der Waals surface area contributed by atoms with Gasteiger partial charge in [-0.25, -0.2) is 9.78 Å². The van der Waals surface area contributed by atoms with Gasteiger partial charge in [-0.2, -0.15) is 0 Å². The molecule has 74 valence electrons. The highest BCUT2D eigenvalue weighted by molar-refractivity contribution is 7.15. The minimum Gasteiger partial charge on any atom is -0.478 e. The van der Waals surface area contributed by atoms with Crippen molar-refractivity contribution in [3.05, 3.63) is 23.2 Å². The first-order valence-corrected chi connectivity index (χ1v) is 4.54. The molecule has 14 heavy (non-hydrogen) atoms. The second kappa shape index (κ2) is 4.52. The summed E-state index contributed by atoms with van der Waals surface area (Å²) in [6, 6.07) is 0. The van der Waals surface area contributed by atoms with Gasteiger partial charge >= 0.3 is 5.97 Å². The number of aryl methyl sites for hydroxylation is 1. The smallest absolute Gasteiger partial charge is 0.328 e. The third kappa shape index (κ3) is 3.36. The highest BCUT2D eigenvalue weighted by Crippen LogP contribution is 2.16. The molecule has 0 saturated heterocycles. The predicted molar refractivity (Wildman–Crippen MR) is 52.3 cm³/mol. The summed E-state index contributed by atoms with van der Waals surface area (Å²) in [4.78, 5) is 26.0. The average molecular weight is 212 g/mol. The minimum atomic E-state index is -1.16. The predicted octanol–water partition coefficient (Wildman–Crippen LogP) is 1.03. The van der Waals surface area contributed by atoms with Gasteiger partial charge in [0.2, 0.25) is 5.91 Å². The molecule has 1 aromatic rings. The van der Waals surface area contributed by atoms with Gasteiger partial charge in [0, 0.05) is 23.2 Å². The molecule has 0 fully saturated rings. The molecule has 0 unspecified atom stereocenters. The molecule has 0 spiro atoms. The van der Waals surface area contributed by atoms with E-state index in [1.807, 2.05) is 6.92 Å². The van der Waals surface area contributed by atoms with Crippen molar-refractivity contribution >= 4 is 28.3 Å². The molecular formula is C8H8N2O3S. The molecule has 0 aliphatic carbocycles. The Hall–Kier alpha value is -1.69. The van der Waals surface area contributed by atoms with E-state index in [9.17, 15) is 9.59 Å². The summed E-state index contributed by atoms with van der Waals surface area (Å²) in [6.45, 7) is 1.86. The second-order valence-electron chi connectivity index (χ2n) is 2.44. The van der Waals surface area contributed by atoms with Crippen molar-refractivity contribution in [3.8, 4) is 0 Å². The van der Waals surface area contributed by atoms with Crippen molar-refractivity contribution in [3.63, 3.8) is 0 Å². The summed E-state index contributed by atoms with van der Waals surface area (Å²) < 4.78 is 0. The largest absolute Gasteiger partial charge is 0.478 e. The molecular weight excluding hydrogens is 204 g/mol. The number of rotatable bonds is 3. The van der Waals surface area contributed by atoms with Crippen LogP contribution in [0.3, 0.4) is 0 Å². The lowest BCUT2D eigenvalue weighted by molar-refractivity contribution is -0.131. The Bertz CT molecular complexity index is 384. The van der Waals surface area contributed by atoms with E-state index in [0.717, 1.165) is 17.0 Å². The van der Waals surface area contributed by atoms with Gasteiger partial charge in [-0.1, -0.05) is 0 Å². The van der Waals surface area contributed by atoms with Crippen molar-refractivity contribution in [2.75, 3.05) is 5.32 Å². The molecule has 0 saturated carbocycles. The van der Waals surface area contributed by atoms with Crippen LogP contribution >= 0.6 is 11.3 Å². The Morgan fingerprint density at radius 1 is 1.57 bits per heavy atom. The fourth-order valence-electron chi connectivity index (χ4n) is 0.707. The molecule has 0 aliphatic heterocycles. The quantitative estimate of drug-likeness (QED) is 0.733. The van der Waals surface area contributed by atoms with Gasteiger partial charge in [-0.15, -0.1) is 11.3 Å². The van der Waals surface area contributed by atoms with E-state index in [-0.39, 0.29) is 0 Å². The summed E-state index contributed by atoms with van der Waals surface area (Å²) in [5.74, 6) is -1.66. The van der Waals surface area contributed by atoms with Gasteiger partial charge in [-0.05, 0) is 6.92 Å². The van der Waals surface area contributed by atoms with E-state index in [4.69, 9.17) is 5.11 Å². The van der Waals surface area contributed by atoms with Crippen LogP contribution in [0.5, 0.6) is 0 Å². The number of carbonyl (C=O) groups excluding carboxylic acids is 1. The number of aromatic nitrogens is 1. The van der Waals surface area contributed by atoms with Crippen molar-refractivity contribution in [2.45, 2.75) is 6.92 Å². The van der Waals surface area contributed by atoms with Crippen LogP contribution < -0.4 is 5.32 Å². The van der Waals surface area contributed by atoms with Crippen molar-refractivity contribution in [1.29, 1.82) is 0 Å². The van der Waals surface area contributed by atoms with Crippen LogP contribution in [0.1, 0.15) is 4.88 Å². The summed E-state index contributed by atoms with van der Waals surface area (Å²) in [7, 11) is 0. The van der Waals surface area contributed by atoms with Crippen LogP contribution in [0, 0.1) is 6.92 Å². The van der Waals surface area contributed by atoms with Crippen molar-refractivity contribution in [2.24, 2.45) is 0 Å². The molecule has 0 radical (unpaired) electrons. The zero-order valence-electron chi connectivity index (χ0n) is 7.35. The fourth-order valence-corrected chi connectivity index (χ4v) is 1.37. The fraction of sp³-hybridized carbons (Fsp3) is 0.125. The van der Waals surface area contributed by atoms with Crippen LogP contribution in [0.25, 0.3) is 0 Å². The van der Waals surface area contributed by atoms with Gasteiger partial charge in [0.05, 0.1) is 0 Å². The summed E-state index contributed by atoms with van der Waals surface area (Å²) in [5.41, 5.74) is 0. The average Bonchev–Trinajstić information content (AvgIpc) is 2.48. The van der Waals surface area contributed by atoms with Crippen LogP contribution in [-0.2, 0) is 9.59 Å². The first kappa shape index (κ1) is 10.4. The van der Waals surface area contributed by atoms with E-state index >= 15 is 0 Å². The molecule has 1 heterocycles. The Morgan fingerprint density at radius 3 is 2.79 bits per heavy atom. The maximum Gasteiger partial charge on any atom is 0.328 e. The third-order valence-corrected chi connectivity index (χ3v) is 2.06. The van der Waals surface area contributed by atoms with E-state index in [2.05, 4.69) is 10.3 Å². The van der Waals surface area contributed by atoms with Gasteiger partial charge in [0.25, 0.3) is 0 Å². The van der Waals surface area contributed by atoms with Crippen LogP contribution in [0.4, 0.5) is 5.13 Å². The molecule has 0 aliphatic rings. The number of aliphatic carboxylic acids is 1. The molecule has 0 bridgehead atoms. The van der Waals surface area contributed by atoms with E-state index in [1.165, 1.54) is 11.3 Å². The van der Waals surface area contributed by atoms with Gasteiger partial charge in [-0.3, -0.25) is 10.1 Å². The molecule has 6 heteroatoms. The van der Waals surface area contributed by atoms with Crippen molar-refractivity contribution in [1.82, 2.24) is 4.98 Å². The zero-order chi connectivity index (χ0) is 10.6. The van der Waals surface area contributed by atoms with Crippen LogP contribution in [0.2, 0.25) is 0 Å². The maximum atomic E-state index is 11.0. The van der Waals surface area contributed by atoms with Gasteiger partial charge in [0.1, 0.15) is 0 Å². The number of nitrogens with one attached hydrogen (secondary N) is 1. The zero-order valence-corrected chi connectivity index (χ0v) is 8.17. The number of amides is 1. The molecule has 5 nitrogen and oxygen atoms in total. The Balaban J connectivity index is 2.53. The summed E-state index contributed by atoms with van der Waals surface area (Å²) >= 11 is 1.33. The molecule has 1 rings (SSSR count). The number of hydrogen-bond donors (Lipinski definition) is 2. The number of carboxylic acids is 1. The lowest BCUT2D eigenvalue weighted by atomic mass is 10.5. The Kier molecular flexibility index (Phi) is 3.35. The second-order valence-corrected chi connectivity index (χ2v) is 3.67. The molecule has 2 N–H and O–H groups in total. The summed E-state index contributed by atoms with van der Waals surface area (Å²) in [5, 5.41) is 11.1. The SMILES string of the molecule is Cc1cnc(NC(=O)C=CC(=O)O)s1. The van der Waals surface area contributed by atoms with Crippen molar-refractivity contribution < 1.29 is 14.7 Å². The highest BCUT2D eigenvalue weighted by Gasteiger charge is 2.01. The highest BCUT2D eigenvalue weighted by atomic mass is 32.1. The molecule has 1 aromatic heterocycles. The first-order valence-electron chi connectivity index (χ1n) is 3.72. The third-order valence-electron chi connectivity index (χ3n) is 1.23. The maximum absolute atomic E-state index is 11.0. The first-order chi connectivity index (χ1) is 6.58. The number of carbonyl (C=O) groups is 2. The lowest BCUT2D eigenvalue weighted by Gasteiger charge is -1.93. The lowest BCUT2D eigenvalue weighted by Crippen LogP contribution is -2.08. The Morgan fingerprint density at radius 2 is 2.29 bits per heavy atom. The van der Waals surface area contributed by atoms with Gasteiger partial charge < -0.3 is 5.11 Å². The van der Waals surface area contributed by atoms with E-state index in [1.54, 1.807) is 6.20 Å². The van der Waals surface area contributed by atoms with Crippen LogP contribution in [-0.4, -0.2) is 22.0 Å². The van der Waals surface area contributed by atoms with E-state index < -0.39 is 11.9 Å². The molecule has 0 atom stereocenters. The number of hydrogen-bond acceptors (Lipinski definition) is 4. The van der Waals surface area contributed by atoms with Gasteiger partial charge in [0.15, 0.2) is 5.13 Å². The molecule has 1 amide bonds. The number of nitrogens with zero attached hydrogens (tertiary/aromatic N) is 1. The normalized spacial score (nSPS) is 10.4. The topological polar surface area (TPSA) is 79.3 Å². The standard InChI is InChI=1S/C8H8N2O3S/c1-5-4-9-8(14-5)10-6(11)2-3-7(12)13/h2-4H,1H3,(H,12,13)(H,9,10,11). The number of thiazole rings is 1. The Labute approximate surface area is 84.1 Å². The minimum absolute atomic E-state index is 0.461. The van der Waals surface area contributed by atoms with Crippen LogP contribution in [0.15, 0.2) is 18.3 Å². The molecule has 0 aromatic carbocycles. The number of anilines is 1. The van der Waals surface area contributed by atoms with E-state index in [0.29, 0.717) is 5.13 Å². The monoisotopic (exact) mass is 212 g/mol.